The van der Waals surface area contributed by atoms with Crippen molar-refractivity contribution in [1.82, 2.24) is 36.1 Å². The molecule has 0 radical (unpaired) electrons. The number of ether oxygens (including phenoxy) is 1. The lowest BCUT2D eigenvalue weighted by Gasteiger charge is -2.35. The van der Waals surface area contributed by atoms with Crippen LogP contribution in [0, 0.1) is 24.2 Å². The van der Waals surface area contributed by atoms with Crippen molar-refractivity contribution in [1.29, 1.82) is 0 Å². The van der Waals surface area contributed by atoms with Crippen molar-refractivity contribution in [3.8, 4) is 22.3 Å². The highest BCUT2D eigenvalue weighted by Crippen LogP contribution is 2.41. The van der Waals surface area contributed by atoms with Crippen molar-refractivity contribution in [2.45, 2.75) is 142 Å². The summed E-state index contributed by atoms with van der Waals surface area (Å²) >= 11 is 1.55. The number of β-amino-alcohol motifs (C(OH)–C–C–N with tert-alkyl or cyclic N) is 1. The quantitative estimate of drug-likeness (QED) is 0.0330. The Hall–Kier alpha value is -8.36. The lowest BCUT2D eigenvalue weighted by molar-refractivity contribution is -0.144. The predicted molar refractivity (Wildman–Crippen MR) is 324 cm³/mol. The molecule has 2 aromatic heterocycles. The number of carbonyl (C=O) groups excluding carboxylic acids is 8. The maximum atomic E-state index is 14.6. The number of thiazole rings is 1. The van der Waals surface area contributed by atoms with Crippen LogP contribution in [0.3, 0.4) is 0 Å². The standard InChI is InChI=1S/C63H70N9O13PS/c1-35-55(87-34-66-35)41-19-17-38(18-20-41)31-65-58(77)50-30-45(73)32-71(50)61(80)56(63(3,4)5)70-53(75)12-7-6-9-37-13-15-39(16-14-37)33-85-36(2)46(25-26-52(64)74)68-59(78)51-29-42-11-8-10-40-21-24-48(60(79)72(51)54(40)42)69-57(76)49-28-44-27-43(22-23-47(44)67-49)62(81)86(82,83)84/h8,10-11,13-20,22-23,27-28,34,36,45-46,48,50-51,56,67,73H,7,12,21,24-26,29-33H2,1-5H3,(H2,64,74)(H,65,77)(H,68,78)(H,69,76)(H,70,75)(H2,82,83,84)/t36-,45-,46+,48+,50+,51+,56-/m1/s1. The summed E-state index contributed by atoms with van der Waals surface area (Å²) in [5.74, 6) is 2.57. The van der Waals surface area contributed by atoms with Crippen molar-refractivity contribution in [3.05, 3.63) is 141 Å². The van der Waals surface area contributed by atoms with Gasteiger partial charge in [-0.3, -0.25) is 47.8 Å². The van der Waals surface area contributed by atoms with Gasteiger partial charge in [0, 0.05) is 67.2 Å². The molecule has 0 unspecified atom stereocenters. The van der Waals surface area contributed by atoms with E-state index in [1.165, 1.54) is 34.1 Å². The van der Waals surface area contributed by atoms with Gasteiger partial charge in [-0.2, -0.15) is 0 Å². The number of anilines is 1. The fourth-order valence-electron chi connectivity index (χ4n) is 11.1. The Morgan fingerprint density at radius 3 is 2.33 bits per heavy atom. The van der Waals surface area contributed by atoms with Crippen molar-refractivity contribution in [3.63, 3.8) is 0 Å². The van der Waals surface area contributed by atoms with E-state index in [1.54, 1.807) is 35.9 Å². The van der Waals surface area contributed by atoms with E-state index in [4.69, 9.17) is 10.5 Å². The Labute approximate surface area is 506 Å². The van der Waals surface area contributed by atoms with Gasteiger partial charge in [0.05, 0.1) is 46.6 Å². The number of nitrogens with one attached hydrogen (secondary N) is 5. The van der Waals surface area contributed by atoms with E-state index in [1.807, 2.05) is 82.3 Å². The third-order valence-electron chi connectivity index (χ3n) is 15.9. The topological polar surface area (TPSA) is 333 Å². The largest absolute Gasteiger partial charge is 0.396 e. The first kappa shape index (κ1) is 63.2. The molecule has 9 rings (SSSR count). The Kier molecular flexibility index (Phi) is 19.4. The molecule has 7 amide bonds. The molecule has 3 aliphatic rings. The molecule has 0 spiro atoms. The van der Waals surface area contributed by atoms with Crippen molar-refractivity contribution >= 4 is 82.4 Å². The summed E-state index contributed by atoms with van der Waals surface area (Å²) < 4.78 is 17.9. The van der Waals surface area contributed by atoms with Crippen molar-refractivity contribution < 1.29 is 62.6 Å². The number of nitrogens with two attached hydrogens (primary N) is 1. The number of primary amides is 1. The van der Waals surface area contributed by atoms with Gasteiger partial charge in [-0.15, -0.1) is 11.3 Å². The lowest BCUT2D eigenvalue weighted by atomic mass is 9.85. The molecule has 22 nitrogen and oxygen atoms in total. The molecule has 24 heteroatoms. The summed E-state index contributed by atoms with van der Waals surface area (Å²) in [6, 6.07) is 21.2. The number of benzene rings is 4. The van der Waals surface area contributed by atoms with Crippen LogP contribution in [0.1, 0.15) is 121 Å². The molecule has 7 atom stereocenters. The number of hydrogen-bond acceptors (Lipinski definition) is 13. The minimum absolute atomic E-state index is 0.00465. The van der Waals surface area contributed by atoms with Gasteiger partial charge in [0.1, 0.15) is 29.9 Å². The number of fused-ring (bicyclic) bond motifs is 1. The second-order valence-electron chi connectivity index (χ2n) is 23.3. The van der Waals surface area contributed by atoms with Gasteiger partial charge < -0.3 is 56.5 Å². The highest BCUT2D eigenvalue weighted by atomic mass is 32.1. The number of nitrogens with zero attached hydrogens (tertiary/aromatic N) is 3. The molecule has 0 bridgehead atoms. The number of amides is 7. The maximum absolute atomic E-state index is 14.6. The van der Waals surface area contributed by atoms with Crippen LogP contribution in [0.4, 0.5) is 5.69 Å². The summed E-state index contributed by atoms with van der Waals surface area (Å²) in [7, 11) is -5.06. The maximum Gasteiger partial charge on any atom is 0.396 e. The van der Waals surface area contributed by atoms with Crippen LogP contribution < -0.4 is 31.9 Å². The second-order valence-corrected chi connectivity index (χ2v) is 25.7. The third-order valence-corrected chi connectivity index (χ3v) is 17.6. The molecule has 1 saturated heterocycles. The van der Waals surface area contributed by atoms with Crippen LogP contribution >= 0.6 is 18.9 Å². The first-order valence-corrected chi connectivity index (χ1v) is 31.1. The SMILES string of the molecule is Cc1ncsc1-c1ccc(CNC(=O)[C@@H]2C[C@@H](O)CN2C(=O)[C@@H](NC(=O)CCC#Cc2ccc(CO[C@H](C)[C@H](CCC(N)=O)NC(=O)[C@@H]3Cc4cccc5c4N3C(=O)[C@@H](NC(=O)c3cc4cc(C(=O)P(=O)(O)O)ccc4[nH]3)CC5)cc2)C(C)(C)C)cc1. The second kappa shape index (κ2) is 26.7. The Morgan fingerprint density at radius 1 is 0.920 bits per heavy atom. The molecule has 10 N–H and O–H groups in total. The molecule has 0 saturated carbocycles. The van der Waals surface area contributed by atoms with Gasteiger partial charge in [0.2, 0.25) is 35.4 Å². The fraction of sp³-hybridized carbons (Fsp3) is 0.381. The minimum Gasteiger partial charge on any atom is -0.391 e. The molecule has 0 aliphatic carbocycles. The van der Waals surface area contributed by atoms with Crippen LogP contribution in [0.2, 0.25) is 0 Å². The molecule has 87 heavy (non-hydrogen) atoms. The van der Waals surface area contributed by atoms with Crippen molar-refractivity contribution in [2.24, 2.45) is 11.1 Å². The molecule has 3 aliphatic heterocycles. The number of aromatic nitrogens is 2. The van der Waals surface area contributed by atoms with E-state index in [-0.39, 0.29) is 75.9 Å². The number of aliphatic hydroxyl groups is 1. The summed E-state index contributed by atoms with van der Waals surface area (Å²) in [6.07, 6.45) is -0.470. The molecular formula is C63H70N9O13PS. The first-order valence-electron chi connectivity index (χ1n) is 28.6. The molecule has 4 aromatic carbocycles. The van der Waals surface area contributed by atoms with E-state index >= 15 is 0 Å². The zero-order valence-electron chi connectivity index (χ0n) is 48.8. The van der Waals surface area contributed by atoms with Crippen LogP contribution in [0.5, 0.6) is 0 Å². The first-order chi connectivity index (χ1) is 41.3. The summed E-state index contributed by atoms with van der Waals surface area (Å²) in [4.78, 5) is 138. The number of hydrogen-bond donors (Lipinski definition) is 9. The average molecular weight is 1220 g/mol. The Morgan fingerprint density at radius 2 is 1.64 bits per heavy atom. The number of aryl methyl sites for hydroxylation is 2. The highest BCUT2D eigenvalue weighted by Gasteiger charge is 2.46. The van der Waals surface area contributed by atoms with E-state index in [0.29, 0.717) is 28.6 Å². The smallest absolute Gasteiger partial charge is 0.391 e. The predicted octanol–water partition coefficient (Wildman–Crippen LogP) is 5.22. The summed E-state index contributed by atoms with van der Waals surface area (Å²) in [6.45, 7) is 9.45. The Balaban J connectivity index is 0.768. The number of para-hydroxylation sites is 1. The van der Waals surface area contributed by atoms with Crippen LogP contribution in [0.25, 0.3) is 21.3 Å². The number of carbonyl (C=O) groups is 8. The van der Waals surface area contributed by atoms with Gasteiger partial charge in [0.25, 0.3) is 11.4 Å². The Bertz CT molecular complexity index is 3750. The van der Waals surface area contributed by atoms with Crippen LogP contribution in [0.15, 0.2) is 96.5 Å². The fourth-order valence-corrected chi connectivity index (χ4v) is 12.4. The van der Waals surface area contributed by atoms with Gasteiger partial charge in [0.15, 0.2) is 0 Å². The molecule has 1 fully saturated rings. The number of rotatable bonds is 21. The van der Waals surface area contributed by atoms with Crippen LogP contribution in [-0.2, 0) is 64.1 Å². The number of aliphatic hydroxyl groups excluding tert-OH is 1. The monoisotopic (exact) mass is 1220 g/mol. The summed E-state index contributed by atoms with van der Waals surface area (Å²) in [5, 5.41) is 22.6. The number of H-pyrrole nitrogens is 1. The van der Waals surface area contributed by atoms with E-state index in [9.17, 15) is 57.8 Å². The van der Waals surface area contributed by atoms with Gasteiger partial charge >= 0.3 is 7.60 Å². The zero-order chi connectivity index (χ0) is 62.5. The average Bonchev–Trinajstić information content (AvgIpc) is 2.15. The van der Waals surface area contributed by atoms with Gasteiger partial charge in [-0.05, 0) is 103 Å². The minimum atomic E-state index is -5.06. The number of likely N-dealkylation sites (tertiary alicyclic amines) is 1. The van der Waals surface area contributed by atoms with E-state index in [2.05, 4.69) is 43.1 Å². The van der Waals surface area contributed by atoms with E-state index in [0.717, 1.165) is 38.4 Å². The number of aromatic amines is 1. The normalized spacial score (nSPS) is 18.4. The lowest BCUT2D eigenvalue weighted by Crippen LogP contribution is -2.57. The van der Waals surface area contributed by atoms with Gasteiger partial charge in [-0.25, -0.2) is 4.98 Å². The molecule has 5 heterocycles. The summed E-state index contributed by atoms with van der Waals surface area (Å²) in [5.41, 5.74) is 11.9. The van der Waals surface area contributed by atoms with Crippen molar-refractivity contribution in [2.75, 3.05) is 11.4 Å². The van der Waals surface area contributed by atoms with Gasteiger partial charge in [-0.1, -0.05) is 87.2 Å². The highest BCUT2D eigenvalue weighted by molar-refractivity contribution is 7.70. The van der Waals surface area contributed by atoms with E-state index < -0.39 is 102 Å². The molecule has 6 aromatic rings. The molecule has 456 valence electrons. The third kappa shape index (κ3) is 15.1. The van der Waals surface area contributed by atoms with Crippen LogP contribution in [-0.4, -0.2) is 126 Å². The molecular weight excluding hydrogens is 1150 g/mol. The zero-order valence-corrected chi connectivity index (χ0v) is 50.5.